The summed E-state index contributed by atoms with van der Waals surface area (Å²) in [5.41, 5.74) is 9.02. The number of hydrogen-bond acceptors (Lipinski definition) is 4. The molecule has 1 aromatic heterocycles. The van der Waals surface area contributed by atoms with Crippen LogP contribution in [0.5, 0.6) is 0 Å². The van der Waals surface area contributed by atoms with E-state index in [9.17, 15) is 0 Å². The molecule has 3 aromatic rings. The summed E-state index contributed by atoms with van der Waals surface area (Å²) >= 11 is 1.58. The maximum atomic E-state index is 5.89. The molecular weight excluding hydrogens is 278 g/mol. The van der Waals surface area contributed by atoms with Crippen LogP contribution >= 0.6 is 11.5 Å². The first-order chi connectivity index (χ1) is 10.3. The molecule has 0 aliphatic rings. The number of anilines is 2. The van der Waals surface area contributed by atoms with Crippen molar-refractivity contribution in [2.24, 2.45) is 0 Å². The second-order valence-corrected chi connectivity index (χ2v) is 5.92. The summed E-state index contributed by atoms with van der Waals surface area (Å²) in [6, 6.07) is 16.4. The van der Waals surface area contributed by atoms with Crippen LogP contribution in [0.2, 0.25) is 0 Å². The van der Waals surface area contributed by atoms with Gasteiger partial charge < -0.3 is 10.6 Å². The van der Waals surface area contributed by atoms with Crippen molar-refractivity contribution in [1.82, 2.24) is 4.37 Å². The minimum Gasteiger partial charge on any atom is -0.399 e. The number of hydrogen-bond donors (Lipinski definition) is 1. The van der Waals surface area contributed by atoms with Gasteiger partial charge in [-0.1, -0.05) is 31.2 Å². The van der Waals surface area contributed by atoms with Crippen LogP contribution in [0.4, 0.5) is 10.7 Å². The van der Waals surface area contributed by atoms with E-state index in [1.165, 1.54) is 16.0 Å². The average Bonchev–Trinajstić information content (AvgIpc) is 2.91. The average molecular weight is 297 g/mol. The Morgan fingerprint density at radius 3 is 2.81 bits per heavy atom. The highest BCUT2D eigenvalue weighted by molar-refractivity contribution is 7.11. The Kier molecular flexibility index (Phi) is 4.06. The van der Waals surface area contributed by atoms with Crippen LogP contribution < -0.4 is 10.6 Å². The molecule has 0 aliphatic heterocycles. The molecule has 0 radical (unpaired) electrons. The maximum absolute atomic E-state index is 5.89. The minimum absolute atomic E-state index is 0.818. The number of aromatic nitrogens is 1. The molecule has 3 nitrogen and oxygen atoms in total. The van der Waals surface area contributed by atoms with E-state index in [1.807, 2.05) is 24.3 Å². The third-order valence-electron chi connectivity index (χ3n) is 3.47. The quantitative estimate of drug-likeness (QED) is 0.714. The molecule has 0 saturated carbocycles. The summed E-state index contributed by atoms with van der Waals surface area (Å²) in [5, 5.41) is 2.48. The molecule has 108 valence electrons. The summed E-state index contributed by atoms with van der Waals surface area (Å²) < 4.78 is 4.56. The molecule has 0 saturated heterocycles. The first-order valence-electron chi connectivity index (χ1n) is 7.21. The normalized spacial score (nSPS) is 10.9. The highest BCUT2D eigenvalue weighted by Crippen LogP contribution is 2.32. The van der Waals surface area contributed by atoms with Crippen LogP contribution in [0.15, 0.2) is 48.5 Å². The second-order valence-electron chi connectivity index (χ2n) is 5.17. The van der Waals surface area contributed by atoms with Crippen molar-refractivity contribution >= 4 is 33.1 Å². The topological polar surface area (TPSA) is 42.1 Å². The molecule has 0 aliphatic carbocycles. The fraction of sp³-hybridized carbons (Fsp3) is 0.235. The van der Waals surface area contributed by atoms with Crippen molar-refractivity contribution < 1.29 is 0 Å². The molecule has 0 amide bonds. The van der Waals surface area contributed by atoms with Gasteiger partial charge in [0, 0.05) is 24.2 Å². The van der Waals surface area contributed by atoms with Crippen molar-refractivity contribution in [2.45, 2.75) is 19.9 Å². The Bertz CT molecular complexity index is 735. The van der Waals surface area contributed by atoms with Crippen molar-refractivity contribution in [3.8, 4) is 0 Å². The molecule has 2 N–H and O–H groups in total. The predicted octanol–water partition coefficient (Wildman–Crippen LogP) is 4.30. The van der Waals surface area contributed by atoms with E-state index in [1.54, 1.807) is 11.5 Å². The predicted molar refractivity (Wildman–Crippen MR) is 91.8 cm³/mol. The van der Waals surface area contributed by atoms with Crippen molar-refractivity contribution in [2.75, 3.05) is 17.2 Å². The summed E-state index contributed by atoms with van der Waals surface area (Å²) in [6.45, 7) is 4.08. The van der Waals surface area contributed by atoms with Gasteiger partial charge in [0.25, 0.3) is 0 Å². The number of nitrogens with zero attached hydrogens (tertiary/aromatic N) is 2. The van der Waals surface area contributed by atoms with E-state index < -0.39 is 0 Å². The van der Waals surface area contributed by atoms with Crippen LogP contribution in [0.1, 0.15) is 18.9 Å². The standard InChI is InChI=1S/C17H19N3S/c1-2-10-20(12-13-6-5-7-14(18)11-13)17-15-8-3-4-9-16(15)19-21-17/h3-9,11H,2,10,12,18H2,1H3. The Balaban J connectivity index is 1.94. The lowest BCUT2D eigenvalue weighted by atomic mass is 10.2. The molecule has 2 aromatic carbocycles. The van der Waals surface area contributed by atoms with E-state index in [4.69, 9.17) is 5.73 Å². The first kappa shape index (κ1) is 13.9. The lowest BCUT2D eigenvalue weighted by Crippen LogP contribution is -2.22. The molecule has 0 bridgehead atoms. The van der Waals surface area contributed by atoms with E-state index in [0.29, 0.717) is 0 Å². The number of nitrogens with two attached hydrogens (primary N) is 1. The molecule has 21 heavy (non-hydrogen) atoms. The van der Waals surface area contributed by atoms with Crippen LogP contribution in [-0.4, -0.2) is 10.9 Å². The molecule has 0 fully saturated rings. The third kappa shape index (κ3) is 3.00. The number of nitrogen functional groups attached to an aromatic ring is 1. The van der Waals surface area contributed by atoms with Crippen LogP contribution in [0.3, 0.4) is 0 Å². The summed E-state index contributed by atoms with van der Waals surface area (Å²) in [6.07, 6.45) is 1.11. The highest BCUT2D eigenvalue weighted by Gasteiger charge is 2.13. The number of benzene rings is 2. The summed E-state index contributed by atoms with van der Waals surface area (Å²) in [4.78, 5) is 2.40. The largest absolute Gasteiger partial charge is 0.399 e. The van der Waals surface area contributed by atoms with E-state index >= 15 is 0 Å². The maximum Gasteiger partial charge on any atom is 0.120 e. The zero-order chi connectivity index (χ0) is 14.7. The summed E-state index contributed by atoms with van der Waals surface area (Å²) in [5.74, 6) is 0. The Hall–Kier alpha value is -2.07. The zero-order valence-corrected chi connectivity index (χ0v) is 12.9. The fourth-order valence-corrected chi connectivity index (χ4v) is 3.42. The SMILES string of the molecule is CCCN(Cc1cccc(N)c1)c1snc2ccccc12. The second kappa shape index (κ2) is 6.14. The van der Waals surface area contributed by atoms with Gasteiger partial charge in [-0.25, -0.2) is 0 Å². The van der Waals surface area contributed by atoms with Gasteiger partial charge in [-0.15, -0.1) is 0 Å². The zero-order valence-electron chi connectivity index (χ0n) is 12.1. The number of fused-ring (bicyclic) bond motifs is 1. The van der Waals surface area contributed by atoms with Crippen molar-refractivity contribution in [1.29, 1.82) is 0 Å². The summed E-state index contributed by atoms with van der Waals surface area (Å²) in [7, 11) is 0. The van der Waals surface area contributed by atoms with Crippen molar-refractivity contribution in [3.05, 3.63) is 54.1 Å². The Morgan fingerprint density at radius 1 is 1.14 bits per heavy atom. The molecule has 0 spiro atoms. The van der Waals surface area contributed by atoms with Crippen LogP contribution in [0.25, 0.3) is 10.9 Å². The lowest BCUT2D eigenvalue weighted by molar-refractivity contribution is 0.776. The van der Waals surface area contributed by atoms with Gasteiger partial charge in [-0.05, 0) is 47.8 Å². The highest BCUT2D eigenvalue weighted by atomic mass is 32.1. The Labute approximate surface area is 129 Å². The third-order valence-corrected chi connectivity index (χ3v) is 4.41. The van der Waals surface area contributed by atoms with Gasteiger partial charge >= 0.3 is 0 Å². The fourth-order valence-electron chi connectivity index (χ4n) is 2.54. The smallest absolute Gasteiger partial charge is 0.120 e. The van der Waals surface area contributed by atoms with Gasteiger partial charge in [-0.2, -0.15) is 4.37 Å². The van der Waals surface area contributed by atoms with Gasteiger partial charge in [-0.3, -0.25) is 0 Å². The molecule has 3 rings (SSSR count). The van der Waals surface area contributed by atoms with Gasteiger partial charge in [0.15, 0.2) is 0 Å². The molecule has 1 heterocycles. The Morgan fingerprint density at radius 2 is 2.00 bits per heavy atom. The molecular formula is C17H19N3S. The molecule has 4 heteroatoms. The van der Waals surface area contributed by atoms with E-state index in [0.717, 1.165) is 30.7 Å². The molecule has 0 atom stereocenters. The monoisotopic (exact) mass is 297 g/mol. The van der Waals surface area contributed by atoms with E-state index in [2.05, 4.69) is 40.5 Å². The van der Waals surface area contributed by atoms with Crippen molar-refractivity contribution in [3.63, 3.8) is 0 Å². The van der Waals surface area contributed by atoms with Crippen LogP contribution in [-0.2, 0) is 6.54 Å². The van der Waals surface area contributed by atoms with Gasteiger partial charge in [0.2, 0.25) is 0 Å². The first-order valence-corrected chi connectivity index (χ1v) is 7.99. The van der Waals surface area contributed by atoms with Gasteiger partial charge in [0.1, 0.15) is 5.00 Å². The molecule has 0 unspecified atom stereocenters. The van der Waals surface area contributed by atoms with E-state index in [-0.39, 0.29) is 0 Å². The minimum atomic E-state index is 0.818. The number of rotatable bonds is 5. The van der Waals surface area contributed by atoms with Crippen LogP contribution in [0, 0.1) is 0 Å². The van der Waals surface area contributed by atoms with Gasteiger partial charge in [0.05, 0.1) is 5.52 Å². The lowest BCUT2D eigenvalue weighted by Gasteiger charge is -2.23.